The van der Waals surface area contributed by atoms with Gasteiger partial charge < -0.3 is 14.1 Å². The van der Waals surface area contributed by atoms with Crippen LogP contribution in [0.5, 0.6) is 5.75 Å². The molecule has 1 fully saturated rings. The Morgan fingerprint density at radius 3 is 2.59 bits per heavy atom. The smallest absolute Gasteiger partial charge is 0.243 e. The molecule has 2 aromatic carbocycles. The van der Waals surface area contributed by atoms with Crippen LogP contribution in [0.3, 0.4) is 0 Å². The van der Waals surface area contributed by atoms with E-state index in [0.717, 1.165) is 26.3 Å². The molecule has 0 amide bonds. The summed E-state index contributed by atoms with van der Waals surface area (Å²) in [6, 6.07) is 10.4. The van der Waals surface area contributed by atoms with E-state index in [4.69, 9.17) is 16.3 Å². The molecule has 4 rings (SSSR count). The van der Waals surface area contributed by atoms with E-state index in [1.54, 1.807) is 24.3 Å². The van der Waals surface area contributed by atoms with Crippen LogP contribution < -0.4 is 4.74 Å². The van der Waals surface area contributed by atoms with Crippen LogP contribution in [0.25, 0.3) is 10.9 Å². The highest BCUT2D eigenvalue weighted by molar-refractivity contribution is 14.1. The third kappa shape index (κ3) is 4.42. The average molecular weight is 587 g/mol. The number of rotatable bonds is 7. The van der Waals surface area contributed by atoms with Crippen molar-refractivity contribution in [3.63, 3.8) is 0 Å². The first-order valence-electron chi connectivity index (χ1n) is 10.4. The zero-order valence-corrected chi connectivity index (χ0v) is 21.5. The first kappa shape index (κ1) is 23.5. The molecule has 32 heavy (non-hydrogen) atoms. The Balaban J connectivity index is 1.63. The number of halogens is 2. The average Bonchev–Trinajstić information content (AvgIpc) is 3.37. The second-order valence-corrected chi connectivity index (χ2v) is 11.6. The highest BCUT2D eigenvalue weighted by Gasteiger charge is 2.35. The molecule has 0 saturated carbocycles. The Bertz CT molecular complexity index is 1260. The molecule has 3 aromatic rings. The molecule has 9 heteroatoms. The SMILES string of the molecule is CC(C)Oc1ccc(S(=O)(=O)N2CCC(c3cn(CC=O)c4ccc(I)c(Cl)c34)C2)cc1. The maximum atomic E-state index is 13.2. The Morgan fingerprint density at radius 1 is 1.22 bits per heavy atom. The minimum absolute atomic E-state index is 0.000533. The van der Waals surface area contributed by atoms with Crippen LogP contribution in [0.1, 0.15) is 31.7 Å². The van der Waals surface area contributed by atoms with Crippen molar-refractivity contribution in [1.82, 2.24) is 8.87 Å². The summed E-state index contributed by atoms with van der Waals surface area (Å²) < 4.78 is 36.4. The third-order valence-electron chi connectivity index (χ3n) is 5.66. The number of aromatic nitrogens is 1. The number of benzene rings is 2. The Morgan fingerprint density at radius 2 is 1.94 bits per heavy atom. The van der Waals surface area contributed by atoms with Gasteiger partial charge in [0.1, 0.15) is 12.0 Å². The van der Waals surface area contributed by atoms with Crippen molar-refractivity contribution in [2.75, 3.05) is 13.1 Å². The van der Waals surface area contributed by atoms with Crippen molar-refractivity contribution in [2.24, 2.45) is 0 Å². The molecule has 1 unspecified atom stereocenters. The van der Waals surface area contributed by atoms with Gasteiger partial charge in [-0.05, 0) is 84.8 Å². The minimum atomic E-state index is -3.62. The number of ether oxygens (including phenoxy) is 1. The van der Waals surface area contributed by atoms with E-state index >= 15 is 0 Å². The van der Waals surface area contributed by atoms with Crippen LogP contribution in [0, 0.1) is 3.57 Å². The number of nitrogens with zero attached hydrogens (tertiary/aromatic N) is 2. The highest BCUT2D eigenvalue weighted by atomic mass is 127. The summed E-state index contributed by atoms with van der Waals surface area (Å²) in [5, 5.41) is 1.55. The van der Waals surface area contributed by atoms with Crippen LogP contribution in [0.4, 0.5) is 0 Å². The monoisotopic (exact) mass is 586 g/mol. The quantitative estimate of drug-likeness (QED) is 0.287. The molecule has 1 aliphatic rings. The highest BCUT2D eigenvalue weighted by Crippen LogP contribution is 2.40. The summed E-state index contributed by atoms with van der Waals surface area (Å²) in [5.41, 5.74) is 1.88. The summed E-state index contributed by atoms with van der Waals surface area (Å²) in [5.74, 6) is 0.643. The number of hydrogen-bond acceptors (Lipinski definition) is 4. The molecule has 2 heterocycles. The maximum Gasteiger partial charge on any atom is 0.243 e. The van der Waals surface area contributed by atoms with E-state index in [9.17, 15) is 13.2 Å². The van der Waals surface area contributed by atoms with Crippen molar-refractivity contribution >= 4 is 61.4 Å². The van der Waals surface area contributed by atoms with Crippen molar-refractivity contribution < 1.29 is 17.9 Å². The fourth-order valence-electron chi connectivity index (χ4n) is 4.21. The molecule has 0 aliphatic carbocycles. The summed E-state index contributed by atoms with van der Waals surface area (Å²) in [6.45, 7) is 4.88. The van der Waals surface area contributed by atoms with Gasteiger partial charge in [-0.15, -0.1) is 0 Å². The predicted octanol–water partition coefficient (Wildman–Crippen LogP) is 5.06. The van der Waals surface area contributed by atoms with Crippen LogP contribution >= 0.6 is 34.2 Å². The predicted molar refractivity (Wildman–Crippen MR) is 134 cm³/mol. The molecule has 170 valence electrons. The van der Waals surface area contributed by atoms with Gasteiger partial charge >= 0.3 is 0 Å². The van der Waals surface area contributed by atoms with Gasteiger partial charge in [0.05, 0.1) is 28.1 Å². The molecule has 0 radical (unpaired) electrons. The first-order chi connectivity index (χ1) is 15.2. The van der Waals surface area contributed by atoms with E-state index in [2.05, 4.69) is 22.6 Å². The van der Waals surface area contributed by atoms with Gasteiger partial charge in [-0.2, -0.15) is 4.31 Å². The minimum Gasteiger partial charge on any atom is -0.491 e. The molecular formula is C23H24ClIN2O4S. The van der Waals surface area contributed by atoms with Crippen LogP contribution in [-0.2, 0) is 21.4 Å². The normalized spacial score (nSPS) is 17.3. The standard InChI is InChI=1S/C23H24ClIN2O4S/c1-15(2)31-17-3-5-18(6-4-17)32(29,30)27-10-9-16(13-27)19-14-26(11-12-28)21-8-7-20(25)23(24)22(19)21/h3-8,12,14-16H,9-11,13H2,1-2H3. The third-order valence-corrected chi connectivity index (χ3v) is 9.15. The van der Waals surface area contributed by atoms with Gasteiger partial charge in [0.2, 0.25) is 10.0 Å². The number of sulfonamides is 1. The Labute approximate surface area is 206 Å². The number of hydrogen-bond donors (Lipinski definition) is 0. The first-order valence-corrected chi connectivity index (χ1v) is 13.3. The number of aldehydes is 1. The summed E-state index contributed by atoms with van der Waals surface area (Å²) in [7, 11) is -3.62. The second-order valence-electron chi connectivity index (χ2n) is 8.15. The molecule has 1 aliphatic heterocycles. The summed E-state index contributed by atoms with van der Waals surface area (Å²) in [6.07, 6.45) is 3.51. The van der Waals surface area contributed by atoms with Gasteiger partial charge in [0, 0.05) is 34.2 Å². The fourth-order valence-corrected chi connectivity index (χ4v) is 6.43. The zero-order chi connectivity index (χ0) is 23.0. The largest absolute Gasteiger partial charge is 0.491 e. The molecule has 0 spiro atoms. The van der Waals surface area contributed by atoms with Crippen molar-refractivity contribution in [1.29, 1.82) is 0 Å². The van der Waals surface area contributed by atoms with Gasteiger partial charge in [-0.3, -0.25) is 0 Å². The van der Waals surface area contributed by atoms with Gasteiger partial charge in [-0.1, -0.05) is 11.6 Å². The lowest BCUT2D eigenvalue weighted by atomic mass is 9.98. The maximum absolute atomic E-state index is 13.2. The van der Waals surface area contributed by atoms with Gasteiger partial charge in [-0.25, -0.2) is 8.42 Å². The van der Waals surface area contributed by atoms with Crippen molar-refractivity contribution in [3.8, 4) is 5.75 Å². The Kier molecular flexibility index (Phi) is 6.86. The topological polar surface area (TPSA) is 68.6 Å². The van der Waals surface area contributed by atoms with E-state index in [0.29, 0.717) is 30.3 Å². The lowest BCUT2D eigenvalue weighted by Crippen LogP contribution is -2.28. The zero-order valence-electron chi connectivity index (χ0n) is 17.8. The van der Waals surface area contributed by atoms with E-state index < -0.39 is 10.0 Å². The molecule has 0 N–H and O–H groups in total. The summed E-state index contributed by atoms with van der Waals surface area (Å²) in [4.78, 5) is 11.4. The number of carbonyl (C=O) groups is 1. The Hall–Kier alpha value is -1.62. The molecule has 1 aromatic heterocycles. The molecule has 6 nitrogen and oxygen atoms in total. The molecule has 0 bridgehead atoms. The summed E-state index contributed by atoms with van der Waals surface area (Å²) >= 11 is 8.83. The van der Waals surface area contributed by atoms with Crippen LogP contribution in [0.2, 0.25) is 5.02 Å². The molecular weight excluding hydrogens is 563 g/mol. The van der Waals surface area contributed by atoms with Crippen molar-refractivity contribution in [3.05, 3.63) is 56.8 Å². The lowest BCUT2D eigenvalue weighted by Gasteiger charge is -2.17. The van der Waals surface area contributed by atoms with Crippen molar-refractivity contribution in [2.45, 2.75) is 43.7 Å². The van der Waals surface area contributed by atoms with Crippen LogP contribution in [-0.4, -0.2) is 42.8 Å². The van der Waals surface area contributed by atoms with Gasteiger partial charge in [0.25, 0.3) is 0 Å². The number of carbonyl (C=O) groups excluding carboxylic acids is 1. The fraction of sp³-hybridized carbons (Fsp3) is 0.348. The van der Waals surface area contributed by atoms with E-state index in [-0.39, 0.29) is 23.5 Å². The number of fused-ring (bicyclic) bond motifs is 1. The van der Waals surface area contributed by atoms with Gasteiger partial charge in [0.15, 0.2) is 0 Å². The second kappa shape index (κ2) is 9.32. The van der Waals surface area contributed by atoms with E-state index in [1.165, 1.54) is 4.31 Å². The lowest BCUT2D eigenvalue weighted by molar-refractivity contribution is -0.108. The molecule has 1 atom stereocenters. The van der Waals surface area contributed by atoms with Crippen LogP contribution in [0.15, 0.2) is 47.5 Å². The van der Waals surface area contributed by atoms with E-state index in [1.807, 2.05) is 36.7 Å². The molecule has 1 saturated heterocycles.